The number of rotatable bonds is 4. The largest absolute Gasteiger partial charge is 0.481 e. The minimum absolute atomic E-state index is 0.0224. The minimum Gasteiger partial charge on any atom is -0.481 e. The van der Waals surface area contributed by atoms with Crippen molar-refractivity contribution in [2.45, 2.75) is 17.9 Å². The summed E-state index contributed by atoms with van der Waals surface area (Å²) in [6, 6.07) is 2.56. The van der Waals surface area contributed by atoms with Gasteiger partial charge in [-0.05, 0) is 36.8 Å². The molecule has 120 valence electrons. The van der Waals surface area contributed by atoms with Crippen molar-refractivity contribution in [3.05, 3.63) is 17.9 Å². The van der Waals surface area contributed by atoms with Crippen LogP contribution in [-0.4, -0.2) is 49.6 Å². The second-order valence-electron chi connectivity index (χ2n) is 6.05. The van der Waals surface area contributed by atoms with E-state index in [0.29, 0.717) is 12.5 Å². The van der Waals surface area contributed by atoms with Gasteiger partial charge < -0.3 is 14.4 Å². The Morgan fingerprint density at radius 2 is 1.95 bits per heavy atom. The Hall–Kier alpha value is -1.83. The molecule has 1 amide bonds. The zero-order chi connectivity index (χ0) is 16.1. The van der Waals surface area contributed by atoms with E-state index in [-0.39, 0.29) is 23.3 Å². The van der Waals surface area contributed by atoms with Crippen LogP contribution in [0.2, 0.25) is 0 Å². The fourth-order valence-electron chi connectivity index (χ4n) is 3.05. The van der Waals surface area contributed by atoms with E-state index < -0.39 is 27.6 Å². The maximum Gasteiger partial charge on any atom is 0.308 e. The number of sulfone groups is 1. The van der Waals surface area contributed by atoms with Gasteiger partial charge in [-0.3, -0.25) is 9.59 Å². The number of nitrogens with zero attached hydrogens (tertiary/aromatic N) is 1. The third kappa shape index (κ3) is 2.75. The van der Waals surface area contributed by atoms with Gasteiger partial charge in [0.05, 0.1) is 5.92 Å². The average molecular weight is 327 g/mol. The summed E-state index contributed by atoms with van der Waals surface area (Å²) in [5.41, 5.74) is 0. The molecule has 0 spiro atoms. The lowest BCUT2D eigenvalue weighted by atomic mass is 9.92. The Labute approximate surface area is 127 Å². The summed E-state index contributed by atoms with van der Waals surface area (Å²) in [7, 11) is -3.51. The van der Waals surface area contributed by atoms with E-state index in [0.717, 1.165) is 19.1 Å². The van der Waals surface area contributed by atoms with Gasteiger partial charge in [0.15, 0.2) is 5.76 Å². The Morgan fingerprint density at radius 3 is 2.45 bits per heavy atom. The van der Waals surface area contributed by atoms with Crippen LogP contribution >= 0.6 is 0 Å². The zero-order valence-corrected chi connectivity index (χ0v) is 12.9. The van der Waals surface area contributed by atoms with Gasteiger partial charge in [-0.15, -0.1) is 0 Å². The molecular weight excluding hydrogens is 310 g/mol. The lowest BCUT2D eigenvalue weighted by Gasteiger charge is -2.14. The fraction of sp³-hybridized carbons (Fsp3) is 0.571. The number of hydrogen-bond acceptors (Lipinski definition) is 5. The highest BCUT2D eigenvalue weighted by Gasteiger charge is 2.47. The van der Waals surface area contributed by atoms with Gasteiger partial charge in [0.2, 0.25) is 14.9 Å². The Kier molecular flexibility index (Phi) is 3.51. The molecule has 1 N–H and O–H groups in total. The van der Waals surface area contributed by atoms with E-state index in [1.54, 1.807) is 0 Å². The summed E-state index contributed by atoms with van der Waals surface area (Å²) < 4.78 is 27.9. The van der Waals surface area contributed by atoms with Gasteiger partial charge in [0, 0.05) is 19.3 Å². The van der Waals surface area contributed by atoms with Gasteiger partial charge in [-0.2, -0.15) is 0 Å². The molecule has 1 aliphatic carbocycles. The van der Waals surface area contributed by atoms with Crippen molar-refractivity contribution >= 4 is 21.7 Å². The van der Waals surface area contributed by atoms with Gasteiger partial charge in [0.25, 0.3) is 5.91 Å². The summed E-state index contributed by atoms with van der Waals surface area (Å²) >= 11 is 0. The molecule has 1 saturated heterocycles. The van der Waals surface area contributed by atoms with Crippen LogP contribution in [0.25, 0.3) is 0 Å². The predicted molar refractivity (Wildman–Crippen MR) is 75.1 cm³/mol. The smallest absolute Gasteiger partial charge is 0.308 e. The van der Waals surface area contributed by atoms with Crippen LogP contribution in [0, 0.1) is 17.8 Å². The Morgan fingerprint density at radius 1 is 1.27 bits per heavy atom. The number of likely N-dealkylation sites (tertiary alicyclic amines) is 1. The number of carbonyl (C=O) groups excluding carboxylic acids is 1. The second-order valence-corrected chi connectivity index (χ2v) is 7.99. The average Bonchev–Trinajstić information content (AvgIpc) is 3.00. The SMILES string of the molecule is CS(=O)(=O)c1ccc(C(=O)N2C[C@H](C(=O)O)[C@@H](C3CC3)C2)o1. The molecule has 1 aromatic heterocycles. The molecule has 2 fully saturated rings. The monoisotopic (exact) mass is 327 g/mol. The first kappa shape index (κ1) is 15.1. The van der Waals surface area contributed by atoms with Crippen molar-refractivity contribution in [2.75, 3.05) is 19.3 Å². The molecule has 0 bridgehead atoms. The lowest BCUT2D eigenvalue weighted by molar-refractivity contribution is -0.142. The summed E-state index contributed by atoms with van der Waals surface area (Å²) in [5.74, 6) is -1.61. The van der Waals surface area contributed by atoms with E-state index in [4.69, 9.17) is 4.42 Å². The lowest BCUT2D eigenvalue weighted by Crippen LogP contribution is -2.29. The highest BCUT2D eigenvalue weighted by atomic mass is 32.2. The molecule has 0 unspecified atom stereocenters. The molecule has 0 aromatic carbocycles. The maximum atomic E-state index is 12.4. The van der Waals surface area contributed by atoms with Gasteiger partial charge in [-0.1, -0.05) is 0 Å². The van der Waals surface area contributed by atoms with Crippen LogP contribution in [0.1, 0.15) is 23.4 Å². The molecule has 1 saturated carbocycles. The number of hydrogen-bond donors (Lipinski definition) is 1. The van der Waals surface area contributed by atoms with Crippen molar-refractivity contribution in [3.8, 4) is 0 Å². The summed E-state index contributed by atoms with van der Waals surface area (Å²) in [6.07, 6.45) is 3.02. The third-order valence-electron chi connectivity index (χ3n) is 4.35. The number of carboxylic acids is 1. The van der Waals surface area contributed by atoms with Crippen molar-refractivity contribution in [2.24, 2.45) is 17.8 Å². The van der Waals surface area contributed by atoms with Crippen LogP contribution in [-0.2, 0) is 14.6 Å². The van der Waals surface area contributed by atoms with Crippen LogP contribution in [0.3, 0.4) is 0 Å². The number of carbonyl (C=O) groups is 2. The van der Waals surface area contributed by atoms with Crippen molar-refractivity contribution in [1.82, 2.24) is 4.90 Å². The van der Waals surface area contributed by atoms with E-state index in [1.807, 2.05) is 0 Å². The fourth-order valence-corrected chi connectivity index (χ4v) is 3.60. The first-order valence-corrected chi connectivity index (χ1v) is 8.98. The number of furan rings is 1. The summed E-state index contributed by atoms with van der Waals surface area (Å²) in [6.45, 7) is 0.527. The molecule has 0 radical (unpaired) electrons. The highest BCUT2D eigenvalue weighted by Crippen LogP contribution is 2.44. The first-order chi connectivity index (χ1) is 10.3. The quantitative estimate of drug-likeness (QED) is 0.879. The molecule has 8 heteroatoms. The minimum atomic E-state index is -3.51. The zero-order valence-electron chi connectivity index (χ0n) is 12.1. The summed E-state index contributed by atoms with van der Waals surface area (Å²) in [5, 5.41) is 9.04. The third-order valence-corrected chi connectivity index (χ3v) is 5.30. The molecule has 2 heterocycles. The number of aliphatic carboxylic acids is 1. The topological polar surface area (TPSA) is 105 Å². The Balaban J connectivity index is 1.78. The molecule has 2 atom stereocenters. The highest BCUT2D eigenvalue weighted by molar-refractivity contribution is 7.90. The van der Waals surface area contributed by atoms with Crippen LogP contribution in [0.15, 0.2) is 21.6 Å². The van der Waals surface area contributed by atoms with Crippen LogP contribution in [0.4, 0.5) is 0 Å². The van der Waals surface area contributed by atoms with Gasteiger partial charge in [-0.25, -0.2) is 8.42 Å². The van der Waals surface area contributed by atoms with Gasteiger partial charge >= 0.3 is 5.97 Å². The predicted octanol–water partition coefficient (Wildman–Crippen LogP) is 0.866. The molecule has 1 aliphatic heterocycles. The second kappa shape index (κ2) is 5.12. The van der Waals surface area contributed by atoms with Crippen molar-refractivity contribution in [3.63, 3.8) is 0 Å². The number of amides is 1. The first-order valence-electron chi connectivity index (χ1n) is 7.09. The Bertz CT molecular complexity index is 717. The molecule has 2 aliphatic rings. The molecular formula is C14H17NO6S. The van der Waals surface area contributed by atoms with E-state index in [9.17, 15) is 23.1 Å². The van der Waals surface area contributed by atoms with E-state index in [1.165, 1.54) is 17.0 Å². The maximum absolute atomic E-state index is 12.4. The molecule has 22 heavy (non-hydrogen) atoms. The normalized spacial score (nSPS) is 25.4. The summed E-state index contributed by atoms with van der Waals surface area (Å²) in [4.78, 5) is 25.2. The van der Waals surface area contributed by atoms with Crippen LogP contribution < -0.4 is 0 Å². The van der Waals surface area contributed by atoms with E-state index >= 15 is 0 Å². The van der Waals surface area contributed by atoms with E-state index in [2.05, 4.69) is 0 Å². The number of carboxylic acid groups (broad SMARTS) is 1. The molecule has 1 aromatic rings. The van der Waals surface area contributed by atoms with Crippen molar-refractivity contribution in [1.29, 1.82) is 0 Å². The van der Waals surface area contributed by atoms with Gasteiger partial charge in [0.1, 0.15) is 0 Å². The standard InChI is InChI=1S/C14H17NO6S/c1-22(19,20)12-5-4-11(21-12)13(16)15-6-9(8-2-3-8)10(7-15)14(17)18/h4-5,8-10H,2-3,6-7H2,1H3,(H,17,18)/t9-,10+/m1/s1. The molecule has 7 nitrogen and oxygen atoms in total. The van der Waals surface area contributed by atoms with Crippen molar-refractivity contribution < 1.29 is 27.5 Å². The molecule has 3 rings (SSSR count). The van der Waals surface area contributed by atoms with Crippen LogP contribution in [0.5, 0.6) is 0 Å².